The zero-order valence-electron chi connectivity index (χ0n) is 12.3. The van der Waals surface area contributed by atoms with E-state index in [2.05, 4.69) is 4.98 Å². The number of nitrogens with two attached hydrogens (primary N) is 1. The molecule has 110 valence electrons. The number of carbonyl (C=O) groups excluding carboxylic acids is 1. The van der Waals surface area contributed by atoms with Crippen LogP contribution in [0.3, 0.4) is 0 Å². The molecule has 2 rings (SSSR count). The maximum absolute atomic E-state index is 12.5. The van der Waals surface area contributed by atoms with Gasteiger partial charge in [-0.1, -0.05) is 30.3 Å². The van der Waals surface area contributed by atoms with Crippen molar-refractivity contribution in [2.75, 3.05) is 20.1 Å². The molecule has 0 saturated heterocycles. The Morgan fingerprint density at radius 1 is 1.19 bits per heavy atom. The van der Waals surface area contributed by atoms with Crippen LogP contribution in [0.15, 0.2) is 54.9 Å². The van der Waals surface area contributed by atoms with Crippen LogP contribution in [0.5, 0.6) is 0 Å². The van der Waals surface area contributed by atoms with Gasteiger partial charge in [0.1, 0.15) is 0 Å². The molecule has 0 spiro atoms. The number of carbonyl (C=O) groups is 1. The van der Waals surface area contributed by atoms with E-state index in [9.17, 15) is 4.79 Å². The van der Waals surface area contributed by atoms with Gasteiger partial charge in [-0.25, -0.2) is 0 Å². The van der Waals surface area contributed by atoms with Crippen LogP contribution >= 0.6 is 0 Å². The maximum Gasteiger partial charge on any atom is 0.231 e. The standard InChI is InChI=1S/C17H21N3O/c1-20(12-9-14-7-10-19-11-8-14)17(21)16(13-18)15-5-3-2-4-6-15/h2-8,10-11,16H,9,12-13,18H2,1H3. The van der Waals surface area contributed by atoms with Crippen molar-refractivity contribution in [3.05, 3.63) is 66.0 Å². The first-order chi connectivity index (χ1) is 10.2. The molecule has 1 atom stereocenters. The molecule has 1 aromatic heterocycles. The van der Waals surface area contributed by atoms with Crippen molar-refractivity contribution in [3.63, 3.8) is 0 Å². The van der Waals surface area contributed by atoms with E-state index in [4.69, 9.17) is 5.73 Å². The molecule has 0 fully saturated rings. The predicted molar refractivity (Wildman–Crippen MR) is 83.8 cm³/mol. The topological polar surface area (TPSA) is 59.2 Å². The molecule has 2 N–H and O–H groups in total. The molecule has 1 aromatic carbocycles. The number of pyridine rings is 1. The first kappa shape index (κ1) is 15.2. The Hall–Kier alpha value is -2.20. The molecule has 1 unspecified atom stereocenters. The lowest BCUT2D eigenvalue weighted by atomic mass is 9.98. The summed E-state index contributed by atoms with van der Waals surface area (Å²) < 4.78 is 0. The van der Waals surface area contributed by atoms with Gasteiger partial charge < -0.3 is 10.6 Å². The molecule has 0 aliphatic heterocycles. The fourth-order valence-corrected chi connectivity index (χ4v) is 2.29. The van der Waals surface area contributed by atoms with Crippen LogP contribution in [0.1, 0.15) is 17.0 Å². The molecular weight excluding hydrogens is 262 g/mol. The minimum Gasteiger partial charge on any atom is -0.345 e. The van der Waals surface area contributed by atoms with Gasteiger partial charge in [0.2, 0.25) is 5.91 Å². The molecule has 2 aromatic rings. The Morgan fingerprint density at radius 2 is 1.86 bits per heavy atom. The Kier molecular flexibility index (Phi) is 5.46. The number of aromatic nitrogens is 1. The van der Waals surface area contributed by atoms with Gasteiger partial charge in [0.05, 0.1) is 5.92 Å². The average molecular weight is 283 g/mol. The van der Waals surface area contributed by atoms with Gasteiger partial charge in [-0.05, 0) is 29.7 Å². The summed E-state index contributed by atoms with van der Waals surface area (Å²) in [6, 6.07) is 13.6. The molecule has 1 heterocycles. The minimum atomic E-state index is -0.270. The third kappa shape index (κ3) is 4.13. The number of likely N-dealkylation sites (N-methyl/N-ethyl adjacent to an activating group) is 1. The van der Waals surface area contributed by atoms with E-state index < -0.39 is 0 Å². The summed E-state index contributed by atoms with van der Waals surface area (Å²) in [6.45, 7) is 0.995. The molecule has 0 radical (unpaired) electrons. The summed E-state index contributed by atoms with van der Waals surface area (Å²) in [7, 11) is 1.83. The third-order valence-corrected chi connectivity index (χ3v) is 3.60. The van der Waals surface area contributed by atoms with E-state index in [-0.39, 0.29) is 11.8 Å². The molecular formula is C17H21N3O. The Balaban J connectivity index is 1.97. The molecule has 4 heteroatoms. The quantitative estimate of drug-likeness (QED) is 0.880. The zero-order chi connectivity index (χ0) is 15.1. The summed E-state index contributed by atoms with van der Waals surface area (Å²) in [6.07, 6.45) is 4.35. The van der Waals surface area contributed by atoms with Crippen molar-refractivity contribution >= 4 is 5.91 Å². The first-order valence-electron chi connectivity index (χ1n) is 7.11. The maximum atomic E-state index is 12.5. The molecule has 0 aliphatic carbocycles. The van der Waals surface area contributed by atoms with Gasteiger partial charge in [-0.3, -0.25) is 9.78 Å². The number of nitrogens with zero attached hydrogens (tertiary/aromatic N) is 2. The summed E-state index contributed by atoms with van der Waals surface area (Å²) in [5.41, 5.74) is 7.94. The van der Waals surface area contributed by atoms with Gasteiger partial charge in [0.15, 0.2) is 0 Å². The second-order valence-corrected chi connectivity index (χ2v) is 5.06. The van der Waals surface area contributed by atoms with Gasteiger partial charge in [-0.15, -0.1) is 0 Å². The number of amides is 1. The van der Waals surface area contributed by atoms with Crippen LogP contribution in [-0.2, 0) is 11.2 Å². The highest BCUT2D eigenvalue weighted by Gasteiger charge is 2.22. The van der Waals surface area contributed by atoms with E-state index in [0.29, 0.717) is 13.1 Å². The highest BCUT2D eigenvalue weighted by molar-refractivity contribution is 5.83. The number of benzene rings is 1. The van der Waals surface area contributed by atoms with Gasteiger partial charge >= 0.3 is 0 Å². The van der Waals surface area contributed by atoms with Crippen molar-refractivity contribution in [2.45, 2.75) is 12.3 Å². The first-order valence-corrected chi connectivity index (χ1v) is 7.11. The fourth-order valence-electron chi connectivity index (χ4n) is 2.29. The summed E-state index contributed by atoms with van der Waals surface area (Å²) in [4.78, 5) is 18.3. The zero-order valence-corrected chi connectivity index (χ0v) is 12.3. The van der Waals surface area contributed by atoms with Crippen molar-refractivity contribution < 1.29 is 4.79 Å². The molecule has 0 saturated carbocycles. The normalized spacial score (nSPS) is 11.9. The second-order valence-electron chi connectivity index (χ2n) is 5.06. The van der Waals surface area contributed by atoms with Crippen LogP contribution in [0, 0.1) is 0 Å². The van der Waals surface area contributed by atoms with Crippen molar-refractivity contribution in [3.8, 4) is 0 Å². The second kappa shape index (κ2) is 7.55. The largest absolute Gasteiger partial charge is 0.345 e. The van der Waals surface area contributed by atoms with Crippen LogP contribution in [0.25, 0.3) is 0 Å². The highest BCUT2D eigenvalue weighted by Crippen LogP contribution is 2.16. The molecule has 0 aliphatic rings. The number of hydrogen-bond donors (Lipinski definition) is 1. The SMILES string of the molecule is CN(CCc1ccncc1)C(=O)C(CN)c1ccccc1. The monoisotopic (exact) mass is 283 g/mol. The van der Waals surface area contributed by atoms with Crippen LogP contribution in [-0.4, -0.2) is 35.9 Å². The average Bonchev–Trinajstić information content (AvgIpc) is 2.55. The molecule has 1 amide bonds. The summed E-state index contributed by atoms with van der Waals surface area (Å²) >= 11 is 0. The van der Waals surface area contributed by atoms with E-state index in [1.165, 1.54) is 5.56 Å². The summed E-state index contributed by atoms with van der Waals surface area (Å²) in [5, 5.41) is 0. The Bertz CT molecular complexity index is 557. The summed E-state index contributed by atoms with van der Waals surface area (Å²) in [5.74, 6) is -0.202. The molecule has 0 bridgehead atoms. The lowest BCUT2D eigenvalue weighted by Gasteiger charge is -2.23. The highest BCUT2D eigenvalue weighted by atomic mass is 16.2. The van der Waals surface area contributed by atoms with Crippen LogP contribution in [0.4, 0.5) is 0 Å². The van der Waals surface area contributed by atoms with Gasteiger partial charge in [0.25, 0.3) is 0 Å². The fraction of sp³-hybridized carbons (Fsp3) is 0.294. The van der Waals surface area contributed by atoms with E-state index in [1.54, 1.807) is 17.3 Å². The lowest BCUT2D eigenvalue weighted by molar-refractivity contribution is -0.131. The van der Waals surface area contributed by atoms with E-state index >= 15 is 0 Å². The van der Waals surface area contributed by atoms with Gasteiger partial charge in [-0.2, -0.15) is 0 Å². The van der Waals surface area contributed by atoms with Crippen molar-refractivity contribution in [1.29, 1.82) is 0 Å². The predicted octanol–water partition coefficient (Wildman–Crippen LogP) is 1.82. The molecule has 21 heavy (non-hydrogen) atoms. The minimum absolute atomic E-state index is 0.0674. The van der Waals surface area contributed by atoms with Crippen molar-refractivity contribution in [2.24, 2.45) is 5.73 Å². The number of rotatable bonds is 6. The van der Waals surface area contributed by atoms with E-state index in [0.717, 1.165) is 12.0 Å². The third-order valence-electron chi connectivity index (χ3n) is 3.60. The number of hydrogen-bond acceptors (Lipinski definition) is 3. The Morgan fingerprint density at radius 3 is 2.48 bits per heavy atom. The van der Waals surface area contributed by atoms with Crippen LogP contribution in [0.2, 0.25) is 0 Å². The Labute approximate surface area is 125 Å². The van der Waals surface area contributed by atoms with Gasteiger partial charge in [0, 0.05) is 32.5 Å². The lowest BCUT2D eigenvalue weighted by Crippen LogP contribution is -2.36. The smallest absolute Gasteiger partial charge is 0.231 e. The van der Waals surface area contributed by atoms with Crippen LogP contribution < -0.4 is 5.73 Å². The molecule has 4 nitrogen and oxygen atoms in total. The van der Waals surface area contributed by atoms with E-state index in [1.807, 2.05) is 49.5 Å². The van der Waals surface area contributed by atoms with Crippen molar-refractivity contribution in [1.82, 2.24) is 9.88 Å².